The van der Waals surface area contributed by atoms with Gasteiger partial charge < -0.3 is 0 Å². The Balaban J connectivity index is 2.01. The molecule has 3 rings (SSSR count). The van der Waals surface area contributed by atoms with E-state index in [1.54, 1.807) is 0 Å². The molecule has 0 spiro atoms. The molecule has 0 saturated carbocycles. The number of halogens is 1. The van der Waals surface area contributed by atoms with Crippen molar-refractivity contribution in [3.8, 4) is 17.1 Å². The smallest absolute Gasteiger partial charge is 0.144 e. The summed E-state index contributed by atoms with van der Waals surface area (Å²) in [5, 5.41) is 0.680. The van der Waals surface area contributed by atoms with Crippen LogP contribution in [0.25, 0.3) is 17.1 Å². The second-order valence-corrected chi connectivity index (χ2v) is 6.66. The van der Waals surface area contributed by atoms with E-state index in [0.29, 0.717) is 5.02 Å². The largest absolute Gasteiger partial charge is 0.300 e. The molecule has 1 heterocycles. The fraction of sp³-hybridized carbons (Fsp3) is 0.118. The summed E-state index contributed by atoms with van der Waals surface area (Å²) in [6, 6.07) is 15.0. The number of imidazole rings is 1. The van der Waals surface area contributed by atoms with Crippen molar-refractivity contribution < 1.29 is 8.42 Å². The second kappa shape index (κ2) is 6.56. The quantitative estimate of drug-likeness (QED) is 0.734. The molecule has 0 amide bonds. The van der Waals surface area contributed by atoms with Crippen LogP contribution in [0.3, 0.4) is 0 Å². The molecule has 0 radical (unpaired) electrons. The second-order valence-electron chi connectivity index (χ2n) is 5.24. The van der Waals surface area contributed by atoms with Crippen LogP contribution >= 0.6 is 11.6 Å². The Morgan fingerprint density at radius 1 is 1.04 bits per heavy atom. The first kappa shape index (κ1) is 15.8. The van der Waals surface area contributed by atoms with Crippen LogP contribution < -0.4 is 0 Å². The van der Waals surface area contributed by atoms with Gasteiger partial charge in [-0.2, -0.15) is 0 Å². The van der Waals surface area contributed by atoms with Crippen molar-refractivity contribution >= 4 is 22.3 Å². The number of rotatable bonds is 4. The van der Waals surface area contributed by atoms with E-state index in [2.05, 4.69) is 4.98 Å². The van der Waals surface area contributed by atoms with Crippen LogP contribution in [0.1, 0.15) is 11.3 Å². The maximum atomic E-state index is 10.8. The predicted molar refractivity (Wildman–Crippen MR) is 92.8 cm³/mol. The molecule has 0 unspecified atom stereocenters. The van der Waals surface area contributed by atoms with E-state index in [4.69, 9.17) is 11.6 Å². The molecule has 0 saturated heterocycles. The first-order valence-electron chi connectivity index (χ1n) is 7.06. The van der Waals surface area contributed by atoms with E-state index in [9.17, 15) is 8.42 Å². The van der Waals surface area contributed by atoms with Gasteiger partial charge in [-0.05, 0) is 48.9 Å². The third-order valence-corrected chi connectivity index (χ3v) is 4.33. The lowest BCUT2D eigenvalue weighted by atomic mass is 10.2. The lowest BCUT2D eigenvalue weighted by molar-refractivity contribution is 0.614. The van der Waals surface area contributed by atoms with Crippen LogP contribution in [0.2, 0.25) is 5.02 Å². The van der Waals surface area contributed by atoms with Gasteiger partial charge in [-0.1, -0.05) is 23.7 Å². The van der Waals surface area contributed by atoms with Crippen molar-refractivity contribution in [1.82, 2.24) is 9.55 Å². The van der Waals surface area contributed by atoms with Gasteiger partial charge in [0, 0.05) is 22.5 Å². The normalized spacial score (nSPS) is 11.1. The topological polar surface area (TPSA) is 52.0 Å². The highest BCUT2D eigenvalue weighted by Gasteiger charge is 2.10. The zero-order valence-electron chi connectivity index (χ0n) is 12.4. The molecule has 1 aromatic heterocycles. The highest BCUT2D eigenvalue weighted by Crippen LogP contribution is 2.24. The maximum Gasteiger partial charge on any atom is 0.144 e. The van der Waals surface area contributed by atoms with Gasteiger partial charge in [0.2, 0.25) is 0 Å². The minimum absolute atomic E-state index is 0.0581. The van der Waals surface area contributed by atoms with Crippen LogP contribution in [-0.2, 0) is 16.5 Å². The Hall–Kier alpha value is -2.11. The Labute approximate surface area is 141 Å². The summed E-state index contributed by atoms with van der Waals surface area (Å²) < 4.78 is 23.6. The van der Waals surface area contributed by atoms with Crippen molar-refractivity contribution in [3.63, 3.8) is 0 Å². The molecule has 6 heteroatoms. The highest BCUT2D eigenvalue weighted by atomic mass is 35.5. The van der Waals surface area contributed by atoms with Gasteiger partial charge in [0.25, 0.3) is 0 Å². The molecule has 4 nitrogen and oxygen atoms in total. The molecule has 0 bridgehead atoms. The van der Waals surface area contributed by atoms with Crippen LogP contribution in [-0.4, -0.2) is 18.0 Å². The summed E-state index contributed by atoms with van der Waals surface area (Å²) in [5.41, 5.74) is 3.58. The van der Waals surface area contributed by atoms with Crippen molar-refractivity contribution in [2.75, 3.05) is 0 Å². The van der Waals surface area contributed by atoms with E-state index in [1.165, 1.54) is 0 Å². The van der Waals surface area contributed by atoms with Crippen molar-refractivity contribution in [2.45, 2.75) is 12.7 Å². The maximum absolute atomic E-state index is 10.8. The molecule has 0 aliphatic heterocycles. The predicted octanol–water partition coefficient (Wildman–Crippen LogP) is 3.61. The number of aryl methyl sites for hydroxylation is 1. The zero-order chi connectivity index (χ0) is 16.4. The minimum atomic E-state index is -2.41. The zero-order valence-corrected chi connectivity index (χ0v) is 14.1. The van der Waals surface area contributed by atoms with Crippen molar-refractivity contribution in [2.24, 2.45) is 0 Å². The summed E-state index contributed by atoms with van der Waals surface area (Å²) in [4.78, 5) is 4.58. The minimum Gasteiger partial charge on any atom is -0.300 e. The van der Waals surface area contributed by atoms with Crippen LogP contribution in [0.15, 0.2) is 54.7 Å². The number of thiol groups is 1. The Kier molecular flexibility index (Phi) is 4.50. The van der Waals surface area contributed by atoms with Gasteiger partial charge in [0.1, 0.15) is 16.5 Å². The lowest BCUT2D eigenvalue weighted by Gasteiger charge is -2.08. The van der Waals surface area contributed by atoms with E-state index in [0.717, 1.165) is 28.3 Å². The summed E-state index contributed by atoms with van der Waals surface area (Å²) >= 11 is 5.94. The summed E-state index contributed by atoms with van der Waals surface area (Å²) in [5.74, 6) is 0.879. The average Bonchev–Trinajstić information content (AvgIpc) is 2.90. The molecule has 0 atom stereocenters. The van der Waals surface area contributed by atoms with Gasteiger partial charge in [0.15, 0.2) is 0 Å². The van der Waals surface area contributed by atoms with Gasteiger partial charge in [-0.15, -0.1) is 0 Å². The Bertz CT molecular complexity index is 889. The van der Waals surface area contributed by atoms with E-state index in [1.807, 2.05) is 66.2 Å². The molecular formula is C17H15ClN2O2S. The highest BCUT2D eigenvalue weighted by molar-refractivity contribution is 7.71. The number of hydrogen-bond donors (Lipinski definition) is 1. The van der Waals surface area contributed by atoms with Crippen LogP contribution in [0.4, 0.5) is 0 Å². The van der Waals surface area contributed by atoms with E-state index in [-0.39, 0.29) is 5.75 Å². The molecule has 2 aromatic carbocycles. The third-order valence-electron chi connectivity index (χ3n) is 3.45. The Morgan fingerprint density at radius 2 is 1.70 bits per heavy atom. The number of benzene rings is 2. The van der Waals surface area contributed by atoms with Crippen molar-refractivity contribution in [1.29, 1.82) is 0 Å². The first-order chi connectivity index (χ1) is 11.0. The van der Waals surface area contributed by atoms with Crippen LogP contribution in [0, 0.1) is 6.92 Å². The monoisotopic (exact) mass is 346 g/mol. The summed E-state index contributed by atoms with van der Waals surface area (Å²) in [6.45, 7) is 1.94. The SMILES string of the molecule is Cc1cn(-c2ccc(C[SH](=O)=O)cc2)c(-c2ccc(Cl)cc2)n1. The van der Waals surface area contributed by atoms with Gasteiger partial charge in [-0.3, -0.25) is 4.57 Å². The molecule has 0 aliphatic carbocycles. The molecular weight excluding hydrogens is 332 g/mol. The van der Waals surface area contributed by atoms with E-state index >= 15 is 0 Å². The number of aromatic nitrogens is 2. The van der Waals surface area contributed by atoms with Gasteiger partial charge in [0.05, 0.1) is 11.4 Å². The fourth-order valence-corrected chi connectivity index (χ4v) is 3.04. The standard InChI is InChI=1S/C17H15ClN2O2S/c1-12-10-20(16-8-2-13(3-9-16)11-23(21)22)17(19-12)14-4-6-15(18)7-5-14/h2-10,23H,11H2,1H3. The van der Waals surface area contributed by atoms with Crippen molar-refractivity contribution in [3.05, 3.63) is 71.0 Å². The first-order valence-corrected chi connectivity index (χ1v) is 8.80. The number of hydrogen-bond acceptors (Lipinski definition) is 3. The van der Waals surface area contributed by atoms with Crippen LogP contribution in [0.5, 0.6) is 0 Å². The fourth-order valence-electron chi connectivity index (χ4n) is 2.41. The average molecular weight is 347 g/mol. The van der Waals surface area contributed by atoms with E-state index < -0.39 is 10.7 Å². The molecule has 3 aromatic rings. The number of nitrogens with zero attached hydrogens (tertiary/aromatic N) is 2. The van der Waals surface area contributed by atoms with Gasteiger partial charge >= 0.3 is 0 Å². The Morgan fingerprint density at radius 3 is 2.30 bits per heavy atom. The summed E-state index contributed by atoms with van der Waals surface area (Å²) in [7, 11) is -2.41. The lowest BCUT2D eigenvalue weighted by Crippen LogP contribution is -1.97. The van der Waals surface area contributed by atoms with Gasteiger partial charge in [-0.25, -0.2) is 13.4 Å². The molecule has 118 valence electrons. The summed E-state index contributed by atoms with van der Waals surface area (Å²) in [6.07, 6.45) is 1.95. The molecule has 0 aliphatic rings. The molecule has 0 fully saturated rings. The third kappa shape index (κ3) is 3.63. The molecule has 23 heavy (non-hydrogen) atoms. The molecule has 0 N–H and O–H groups in total.